The van der Waals surface area contributed by atoms with Gasteiger partial charge in [-0.05, 0) is 31.0 Å². The van der Waals surface area contributed by atoms with Crippen molar-refractivity contribution in [3.8, 4) is 6.07 Å². The molecule has 0 unspecified atom stereocenters. The van der Waals surface area contributed by atoms with Crippen LogP contribution in [0.4, 0.5) is 5.69 Å². The number of benzene rings is 1. The maximum Gasteiger partial charge on any atom is 0.101 e. The highest BCUT2D eigenvalue weighted by Gasteiger charge is 2.07. The van der Waals surface area contributed by atoms with Crippen LogP contribution in [-0.4, -0.2) is 6.04 Å². The Labute approximate surface area is 99.4 Å². The van der Waals surface area contributed by atoms with E-state index < -0.39 is 0 Å². The van der Waals surface area contributed by atoms with Crippen molar-refractivity contribution < 1.29 is 0 Å². The van der Waals surface area contributed by atoms with Gasteiger partial charge >= 0.3 is 0 Å². The standard InChI is InChI=1S/C12H15BrN2/c1-3-11(4-2)15-12-7-10(13)6-5-9(12)8-14/h5-7,11,15H,3-4H2,1-2H3. The highest BCUT2D eigenvalue weighted by atomic mass is 79.9. The first-order valence-corrected chi connectivity index (χ1v) is 5.96. The lowest BCUT2D eigenvalue weighted by Crippen LogP contribution is -2.17. The fourth-order valence-electron chi connectivity index (χ4n) is 1.45. The summed E-state index contributed by atoms with van der Waals surface area (Å²) in [7, 11) is 0. The zero-order chi connectivity index (χ0) is 11.3. The first-order chi connectivity index (χ1) is 7.21. The largest absolute Gasteiger partial charge is 0.381 e. The average molecular weight is 267 g/mol. The summed E-state index contributed by atoms with van der Waals surface area (Å²) in [4.78, 5) is 0. The molecule has 3 heteroatoms. The molecule has 2 nitrogen and oxygen atoms in total. The normalized spacial score (nSPS) is 10.1. The molecule has 1 N–H and O–H groups in total. The molecular weight excluding hydrogens is 252 g/mol. The van der Waals surface area contributed by atoms with Gasteiger partial charge < -0.3 is 5.32 Å². The molecule has 0 saturated carbocycles. The van der Waals surface area contributed by atoms with E-state index in [1.165, 1.54) is 0 Å². The molecule has 0 saturated heterocycles. The fraction of sp³-hybridized carbons (Fsp3) is 0.417. The summed E-state index contributed by atoms with van der Waals surface area (Å²) in [5, 5.41) is 12.3. The Kier molecular flexibility index (Phi) is 4.64. The van der Waals surface area contributed by atoms with Crippen molar-refractivity contribution in [2.24, 2.45) is 0 Å². The van der Waals surface area contributed by atoms with E-state index >= 15 is 0 Å². The molecule has 0 heterocycles. The van der Waals surface area contributed by atoms with Crippen LogP contribution >= 0.6 is 15.9 Å². The van der Waals surface area contributed by atoms with E-state index in [4.69, 9.17) is 5.26 Å². The molecular formula is C12H15BrN2. The smallest absolute Gasteiger partial charge is 0.101 e. The van der Waals surface area contributed by atoms with Gasteiger partial charge in [0.15, 0.2) is 0 Å². The molecule has 0 atom stereocenters. The molecule has 0 spiro atoms. The number of anilines is 1. The van der Waals surface area contributed by atoms with Crippen molar-refractivity contribution in [3.05, 3.63) is 28.2 Å². The van der Waals surface area contributed by atoms with Gasteiger partial charge in [-0.1, -0.05) is 29.8 Å². The van der Waals surface area contributed by atoms with Crippen LogP contribution in [0.25, 0.3) is 0 Å². The second-order valence-electron chi connectivity index (χ2n) is 3.46. The maximum absolute atomic E-state index is 8.96. The van der Waals surface area contributed by atoms with E-state index in [2.05, 4.69) is 41.2 Å². The van der Waals surface area contributed by atoms with Gasteiger partial charge in [-0.15, -0.1) is 0 Å². The SMILES string of the molecule is CCC(CC)Nc1cc(Br)ccc1C#N. The van der Waals surface area contributed by atoms with Gasteiger partial charge in [-0.2, -0.15) is 5.26 Å². The lowest BCUT2D eigenvalue weighted by Gasteiger charge is -2.17. The Hall–Kier alpha value is -1.01. The van der Waals surface area contributed by atoms with Crippen LogP contribution in [0.2, 0.25) is 0 Å². The Morgan fingerprint density at radius 3 is 2.60 bits per heavy atom. The van der Waals surface area contributed by atoms with Crippen molar-refractivity contribution in [2.45, 2.75) is 32.7 Å². The second kappa shape index (κ2) is 5.77. The predicted molar refractivity (Wildman–Crippen MR) is 66.8 cm³/mol. The van der Waals surface area contributed by atoms with E-state index in [1.807, 2.05) is 18.2 Å². The lowest BCUT2D eigenvalue weighted by molar-refractivity contribution is 0.671. The highest BCUT2D eigenvalue weighted by molar-refractivity contribution is 9.10. The van der Waals surface area contributed by atoms with Crippen molar-refractivity contribution in [1.29, 1.82) is 5.26 Å². The first-order valence-electron chi connectivity index (χ1n) is 5.17. The zero-order valence-corrected chi connectivity index (χ0v) is 10.6. The second-order valence-corrected chi connectivity index (χ2v) is 4.38. The summed E-state index contributed by atoms with van der Waals surface area (Å²) in [6.07, 6.45) is 2.13. The molecule has 0 aliphatic heterocycles. The Bertz CT molecular complexity index is 364. The molecule has 1 aromatic carbocycles. The van der Waals surface area contributed by atoms with Crippen LogP contribution in [0.15, 0.2) is 22.7 Å². The predicted octanol–water partition coefficient (Wildman–Crippen LogP) is 3.92. The number of halogens is 1. The number of rotatable bonds is 4. The summed E-state index contributed by atoms with van der Waals surface area (Å²) >= 11 is 3.41. The van der Waals surface area contributed by atoms with Crippen LogP contribution in [-0.2, 0) is 0 Å². The quantitative estimate of drug-likeness (QED) is 0.897. The molecule has 0 aliphatic rings. The summed E-state index contributed by atoms with van der Waals surface area (Å²) in [5.74, 6) is 0. The van der Waals surface area contributed by atoms with Crippen LogP contribution in [0.3, 0.4) is 0 Å². The summed E-state index contributed by atoms with van der Waals surface area (Å²) < 4.78 is 0.995. The van der Waals surface area contributed by atoms with Crippen molar-refractivity contribution >= 4 is 21.6 Å². The topological polar surface area (TPSA) is 35.8 Å². The van der Waals surface area contributed by atoms with Gasteiger partial charge in [0.1, 0.15) is 6.07 Å². The summed E-state index contributed by atoms with van der Waals surface area (Å²) in [5.41, 5.74) is 1.62. The van der Waals surface area contributed by atoms with Crippen LogP contribution < -0.4 is 5.32 Å². The van der Waals surface area contributed by atoms with Gasteiger partial charge in [0, 0.05) is 10.5 Å². The molecule has 1 rings (SSSR count). The maximum atomic E-state index is 8.96. The summed E-state index contributed by atoms with van der Waals surface area (Å²) in [6.45, 7) is 4.29. The van der Waals surface area contributed by atoms with Crippen LogP contribution in [0.5, 0.6) is 0 Å². The van der Waals surface area contributed by atoms with Gasteiger partial charge in [-0.3, -0.25) is 0 Å². The minimum absolute atomic E-state index is 0.436. The van der Waals surface area contributed by atoms with E-state index in [0.29, 0.717) is 11.6 Å². The van der Waals surface area contributed by atoms with Gasteiger partial charge in [0.05, 0.1) is 11.3 Å². The minimum Gasteiger partial charge on any atom is -0.381 e. The van der Waals surface area contributed by atoms with E-state index in [-0.39, 0.29) is 0 Å². The number of hydrogen-bond donors (Lipinski definition) is 1. The lowest BCUT2D eigenvalue weighted by atomic mass is 10.1. The van der Waals surface area contributed by atoms with E-state index in [1.54, 1.807) is 0 Å². The van der Waals surface area contributed by atoms with Crippen LogP contribution in [0, 0.1) is 11.3 Å². The van der Waals surface area contributed by atoms with Gasteiger partial charge in [-0.25, -0.2) is 0 Å². The van der Waals surface area contributed by atoms with Crippen LogP contribution in [0.1, 0.15) is 32.3 Å². The van der Waals surface area contributed by atoms with Crippen molar-refractivity contribution in [1.82, 2.24) is 0 Å². The molecule has 15 heavy (non-hydrogen) atoms. The molecule has 0 aliphatic carbocycles. The molecule has 0 amide bonds. The monoisotopic (exact) mass is 266 g/mol. The number of nitrogens with one attached hydrogen (secondary N) is 1. The Morgan fingerprint density at radius 2 is 2.07 bits per heavy atom. The number of nitriles is 1. The van der Waals surface area contributed by atoms with Crippen molar-refractivity contribution in [3.63, 3.8) is 0 Å². The molecule has 0 fully saturated rings. The fourth-order valence-corrected chi connectivity index (χ4v) is 1.81. The third-order valence-corrected chi connectivity index (χ3v) is 2.94. The molecule has 0 aromatic heterocycles. The third-order valence-electron chi connectivity index (χ3n) is 2.45. The Balaban J connectivity index is 2.92. The molecule has 1 aromatic rings. The highest BCUT2D eigenvalue weighted by Crippen LogP contribution is 2.22. The van der Waals surface area contributed by atoms with Crippen molar-refractivity contribution in [2.75, 3.05) is 5.32 Å². The first kappa shape index (κ1) is 12.1. The van der Waals surface area contributed by atoms with Gasteiger partial charge in [0.2, 0.25) is 0 Å². The third kappa shape index (κ3) is 3.24. The number of hydrogen-bond acceptors (Lipinski definition) is 2. The Morgan fingerprint density at radius 1 is 1.40 bits per heavy atom. The molecule has 80 valence electrons. The molecule has 0 radical (unpaired) electrons. The van der Waals surface area contributed by atoms with Gasteiger partial charge in [0.25, 0.3) is 0 Å². The van der Waals surface area contributed by atoms with E-state index in [0.717, 1.165) is 23.0 Å². The number of nitrogens with zero attached hydrogens (tertiary/aromatic N) is 1. The summed E-state index contributed by atoms with van der Waals surface area (Å²) in [6, 6.07) is 8.30. The minimum atomic E-state index is 0.436. The zero-order valence-electron chi connectivity index (χ0n) is 9.05. The van der Waals surface area contributed by atoms with E-state index in [9.17, 15) is 0 Å². The average Bonchev–Trinajstić information content (AvgIpc) is 2.26. The molecule has 0 bridgehead atoms.